The zero-order valence-corrected chi connectivity index (χ0v) is 12.2. The molecule has 0 aliphatic rings. The van der Waals surface area contributed by atoms with Gasteiger partial charge in [-0.3, -0.25) is 0 Å². The van der Waals surface area contributed by atoms with Crippen LogP contribution >= 0.6 is 15.9 Å². The molecule has 0 unspecified atom stereocenters. The fraction of sp³-hybridized carbons (Fsp3) is 0.143. The van der Waals surface area contributed by atoms with Gasteiger partial charge in [0.2, 0.25) is 0 Å². The predicted octanol–water partition coefficient (Wildman–Crippen LogP) is 3.95. The van der Waals surface area contributed by atoms with Crippen LogP contribution in [0.25, 0.3) is 0 Å². The highest BCUT2D eigenvalue weighted by molar-refractivity contribution is 9.10. The lowest BCUT2D eigenvalue weighted by atomic mass is 10.2. The van der Waals surface area contributed by atoms with E-state index in [1.807, 2.05) is 30.1 Å². The number of hydrogen-bond acceptors (Lipinski definition) is 3. The van der Waals surface area contributed by atoms with Crippen molar-refractivity contribution in [1.29, 1.82) is 0 Å². The number of methoxy groups -OCH3 is 1. The van der Waals surface area contributed by atoms with Crippen LogP contribution in [0.15, 0.2) is 40.9 Å². The van der Waals surface area contributed by atoms with Gasteiger partial charge in [-0.25, -0.2) is 4.39 Å². The summed E-state index contributed by atoms with van der Waals surface area (Å²) in [7, 11) is 3.44. The van der Waals surface area contributed by atoms with Crippen molar-refractivity contribution in [2.24, 2.45) is 0 Å². The van der Waals surface area contributed by atoms with Crippen molar-refractivity contribution in [2.75, 3.05) is 24.8 Å². The Labute approximate surface area is 119 Å². The van der Waals surface area contributed by atoms with E-state index < -0.39 is 5.82 Å². The Morgan fingerprint density at radius 2 is 1.95 bits per heavy atom. The molecule has 19 heavy (non-hydrogen) atoms. The summed E-state index contributed by atoms with van der Waals surface area (Å²) in [4.78, 5) is 1.84. The Hall–Kier alpha value is -1.75. The number of halogens is 2. The largest absolute Gasteiger partial charge is 0.495 e. The van der Waals surface area contributed by atoms with Crippen LogP contribution in [-0.2, 0) is 0 Å². The summed E-state index contributed by atoms with van der Waals surface area (Å²) in [5.74, 6) is 0.279. The van der Waals surface area contributed by atoms with Gasteiger partial charge in [0.1, 0.15) is 11.6 Å². The number of rotatable bonds is 3. The van der Waals surface area contributed by atoms with Crippen LogP contribution in [0.3, 0.4) is 0 Å². The molecule has 0 atom stereocenters. The van der Waals surface area contributed by atoms with Gasteiger partial charge in [-0.05, 0) is 36.4 Å². The second-order valence-electron chi connectivity index (χ2n) is 4.08. The van der Waals surface area contributed by atoms with Crippen molar-refractivity contribution in [1.82, 2.24) is 0 Å². The van der Waals surface area contributed by atoms with Gasteiger partial charge in [-0.2, -0.15) is 0 Å². The minimum absolute atomic E-state index is 0.137. The predicted molar refractivity (Wildman–Crippen MR) is 79.6 cm³/mol. The fourth-order valence-corrected chi connectivity index (χ4v) is 2.14. The molecule has 2 aromatic carbocycles. The van der Waals surface area contributed by atoms with Gasteiger partial charge in [0.15, 0.2) is 0 Å². The minimum atomic E-state index is -0.432. The summed E-state index contributed by atoms with van der Waals surface area (Å²) in [6.45, 7) is 0. The molecule has 0 fully saturated rings. The topological polar surface area (TPSA) is 38.5 Å². The maximum atomic E-state index is 13.5. The summed E-state index contributed by atoms with van der Waals surface area (Å²) in [5.41, 5.74) is 7.15. The zero-order valence-electron chi connectivity index (χ0n) is 10.7. The van der Waals surface area contributed by atoms with Crippen LogP contribution in [-0.4, -0.2) is 14.2 Å². The monoisotopic (exact) mass is 324 g/mol. The van der Waals surface area contributed by atoms with E-state index in [4.69, 9.17) is 10.5 Å². The summed E-state index contributed by atoms with van der Waals surface area (Å²) in [5, 5.41) is 0. The van der Waals surface area contributed by atoms with Gasteiger partial charge in [-0.15, -0.1) is 0 Å². The maximum Gasteiger partial charge on any atom is 0.148 e. The average Bonchev–Trinajstić information content (AvgIpc) is 2.41. The van der Waals surface area contributed by atoms with Crippen molar-refractivity contribution < 1.29 is 9.13 Å². The van der Waals surface area contributed by atoms with Crippen LogP contribution < -0.4 is 15.4 Å². The highest BCUT2D eigenvalue weighted by atomic mass is 79.9. The summed E-state index contributed by atoms with van der Waals surface area (Å²) >= 11 is 3.42. The average molecular weight is 325 g/mol. The molecule has 0 aliphatic carbocycles. The summed E-state index contributed by atoms with van der Waals surface area (Å²) in [6, 6.07) is 10.4. The Morgan fingerprint density at radius 3 is 2.58 bits per heavy atom. The van der Waals surface area contributed by atoms with Crippen LogP contribution in [0.1, 0.15) is 0 Å². The molecule has 0 amide bonds. The normalized spacial score (nSPS) is 10.3. The van der Waals surface area contributed by atoms with Crippen molar-refractivity contribution in [2.45, 2.75) is 0 Å². The van der Waals surface area contributed by atoms with Crippen molar-refractivity contribution in [3.63, 3.8) is 0 Å². The van der Waals surface area contributed by atoms with E-state index in [-0.39, 0.29) is 5.69 Å². The minimum Gasteiger partial charge on any atom is -0.495 e. The first-order valence-electron chi connectivity index (χ1n) is 5.65. The number of ether oxygens (including phenoxy) is 1. The first-order chi connectivity index (χ1) is 9.02. The summed E-state index contributed by atoms with van der Waals surface area (Å²) in [6.07, 6.45) is 0. The quantitative estimate of drug-likeness (QED) is 0.869. The molecular formula is C14H14BrFN2O. The third-order valence-corrected chi connectivity index (χ3v) is 3.37. The van der Waals surface area contributed by atoms with E-state index in [0.29, 0.717) is 11.4 Å². The Morgan fingerprint density at radius 1 is 1.21 bits per heavy atom. The van der Waals surface area contributed by atoms with Crippen LogP contribution in [0.2, 0.25) is 0 Å². The van der Waals surface area contributed by atoms with E-state index >= 15 is 0 Å². The fourth-order valence-electron chi connectivity index (χ4n) is 1.79. The lowest BCUT2D eigenvalue weighted by Gasteiger charge is -2.22. The molecule has 2 rings (SSSR count). The van der Waals surface area contributed by atoms with Crippen molar-refractivity contribution in [3.05, 3.63) is 46.7 Å². The first kappa shape index (κ1) is 13.7. The zero-order chi connectivity index (χ0) is 14.0. The highest BCUT2D eigenvalue weighted by Crippen LogP contribution is 2.35. The van der Waals surface area contributed by atoms with Crippen molar-refractivity contribution in [3.8, 4) is 5.75 Å². The summed E-state index contributed by atoms with van der Waals surface area (Å²) < 4.78 is 19.8. The van der Waals surface area contributed by atoms with E-state index in [1.165, 1.54) is 6.07 Å². The van der Waals surface area contributed by atoms with E-state index in [1.54, 1.807) is 19.2 Å². The second kappa shape index (κ2) is 5.48. The first-order valence-corrected chi connectivity index (χ1v) is 6.44. The number of anilines is 3. The van der Waals surface area contributed by atoms with Gasteiger partial charge in [0.05, 0.1) is 18.5 Å². The molecular weight excluding hydrogens is 311 g/mol. The Kier molecular flexibility index (Phi) is 3.95. The molecule has 0 radical (unpaired) electrons. The molecule has 0 aliphatic heterocycles. The van der Waals surface area contributed by atoms with Gasteiger partial charge in [0.25, 0.3) is 0 Å². The lowest BCUT2D eigenvalue weighted by Crippen LogP contribution is -2.11. The molecule has 0 saturated heterocycles. The molecule has 0 heterocycles. The SMILES string of the molecule is COc1ccc(Br)cc1N(C)c1ccc(N)c(F)c1. The van der Waals surface area contributed by atoms with E-state index in [2.05, 4.69) is 15.9 Å². The van der Waals surface area contributed by atoms with Gasteiger partial charge >= 0.3 is 0 Å². The van der Waals surface area contributed by atoms with Gasteiger partial charge in [-0.1, -0.05) is 15.9 Å². The van der Waals surface area contributed by atoms with Gasteiger partial charge < -0.3 is 15.4 Å². The number of nitrogens with two attached hydrogens (primary N) is 1. The van der Waals surface area contributed by atoms with E-state index in [0.717, 1.165) is 10.2 Å². The smallest absolute Gasteiger partial charge is 0.148 e. The molecule has 2 aromatic rings. The second-order valence-corrected chi connectivity index (χ2v) is 5.00. The standard InChI is InChI=1S/C14H14BrFN2O/c1-18(10-4-5-12(17)11(16)8-10)13-7-9(15)3-6-14(13)19-2/h3-8H,17H2,1-2H3. The lowest BCUT2D eigenvalue weighted by molar-refractivity contribution is 0.415. The van der Waals surface area contributed by atoms with Crippen molar-refractivity contribution >= 4 is 33.0 Å². The third-order valence-electron chi connectivity index (χ3n) is 2.87. The van der Waals surface area contributed by atoms with Crippen LogP contribution in [0.5, 0.6) is 5.75 Å². The molecule has 0 spiro atoms. The van der Waals surface area contributed by atoms with E-state index in [9.17, 15) is 4.39 Å². The molecule has 0 bridgehead atoms. The highest BCUT2D eigenvalue weighted by Gasteiger charge is 2.12. The van der Waals surface area contributed by atoms with Crippen LogP contribution in [0.4, 0.5) is 21.5 Å². The molecule has 2 N–H and O–H groups in total. The molecule has 100 valence electrons. The molecule has 3 nitrogen and oxygen atoms in total. The number of hydrogen-bond donors (Lipinski definition) is 1. The molecule has 5 heteroatoms. The van der Waals surface area contributed by atoms with Crippen LogP contribution in [0, 0.1) is 5.82 Å². The Balaban J connectivity index is 2.45. The molecule has 0 saturated carbocycles. The third kappa shape index (κ3) is 2.81. The number of benzene rings is 2. The number of nitrogens with zero attached hydrogens (tertiary/aromatic N) is 1. The number of nitrogen functional groups attached to an aromatic ring is 1. The van der Waals surface area contributed by atoms with Gasteiger partial charge in [0, 0.05) is 17.2 Å². The Bertz CT molecular complexity index is 604. The molecule has 0 aromatic heterocycles. The maximum absolute atomic E-state index is 13.5.